The molecule has 1 aliphatic rings. The Bertz CT molecular complexity index is 661. The molecule has 1 fully saturated rings. The summed E-state index contributed by atoms with van der Waals surface area (Å²) in [6.07, 6.45) is 0.835. The van der Waals surface area contributed by atoms with Crippen LogP contribution in [0.3, 0.4) is 0 Å². The van der Waals surface area contributed by atoms with Crippen molar-refractivity contribution in [2.45, 2.75) is 32.1 Å². The molecule has 3 heteroatoms. The first-order valence-corrected chi connectivity index (χ1v) is 7.71. The van der Waals surface area contributed by atoms with E-state index in [0.717, 1.165) is 17.7 Å². The molecule has 22 heavy (non-hydrogen) atoms. The Morgan fingerprint density at radius 1 is 1.09 bits per heavy atom. The average Bonchev–Trinajstić information content (AvgIpc) is 3.29. The van der Waals surface area contributed by atoms with Crippen LogP contribution in [0.15, 0.2) is 48.5 Å². The van der Waals surface area contributed by atoms with E-state index in [1.807, 2.05) is 24.3 Å². The smallest absolute Gasteiger partial charge is 0.228 e. The summed E-state index contributed by atoms with van der Waals surface area (Å²) in [5.41, 5.74) is 3.13. The third-order valence-corrected chi connectivity index (χ3v) is 4.27. The van der Waals surface area contributed by atoms with Crippen LogP contribution in [0.2, 0.25) is 0 Å². The Balaban J connectivity index is 1.60. The summed E-state index contributed by atoms with van der Waals surface area (Å²) in [6.45, 7) is 4.29. The highest BCUT2D eigenvalue weighted by Crippen LogP contribution is 2.48. The number of halogens is 1. The zero-order valence-corrected chi connectivity index (χ0v) is 12.8. The predicted octanol–water partition coefficient (Wildman–Crippen LogP) is 4.69. The summed E-state index contributed by atoms with van der Waals surface area (Å²) in [4.78, 5) is 12.3. The normalized spacial score (nSPS) is 20.0. The zero-order valence-electron chi connectivity index (χ0n) is 12.8. The molecular weight excluding hydrogens is 277 g/mol. The van der Waals surface area contributed by atoms with Gasteiger partial charge in [0, 0.05) is 11.6 Å². The summed E-state index contributed by atoms with van der Waals surface area (Å²) in [5, 5.41) is 2.97. The fourth-order valence-corrected chi connectivity index (χ4v) is 2.75. The highest BCUT2D eigenvalue weighted by atomic mass is 19.1. The third-order valence-electron chi connectivity index (χ3n) is 4.27. The van der Waals surface area contributed by atoms with Crippen LogP contribution in [0.4, 0.5) is 10.1 Å². The minimum Gasteiger partial charge on any atom is -0.326 e. The lowest BCUT2D eigenvalue weighted by Gasteiger charge is -2.08. The molecule has 2 unspecified atom stereocenters. The van der Waals surface area contributed by atoms with Crippen LogP contribution in [0.5, 0.6) is 0 Å². The molecule has 1 aliphatic carbocycles. The van der Waals surface area contributed by atoms with Crippen molar-refractivity contribution >= 4 is 11.6 Å². The van der Waals surface area contributed by atoms with Crippen molar-refractivity contribution in [2.24, 2.45) is 5.92 Å². The molecule has 2 aromatic carbocycles. The van der Waals surface area contributed by atoms with Gasteiger partial charge in [-0.25, -0.2) is 4.39 Å². The molecule has 1 amide bonds. The van der Waals surface area contributed by atoms with Gasteiger partial charge in [-0.3, -0.25) is 4.79 Å². The maximum absolute atomic E-state index is 12.9. The van der Waals surface area contributed by atoms with Gasteiger partial charge in [0.25, 0.3) is 0 Å². The summed E-state index contributed by atoms with van der Waals surface area (Å²) in [5.74, 6) is 0.504. The zero-order chi connectivity index (χ0) is 15.7. The molecule has 0 saturated heterocycles. The number of carbonyl (C=O) groups is 1. The fraction of sp³-hybridized carbons (Fsp3) is 0.316. The topological polar surface area (TPSA) is 29.1 Å². The van der Waals surface area contributed by atoms with Gasteiger partial charge in [0.2, 0.25) is 5.91 Å². The van der Waals surface area contributed by atoms with E-state index in [-0.39, 0.29) is 23.6 Å². The summed E-state index contributed by atoms with van der Waals surface area (Å²) in [7, 11) is 0. The van der Waals surface area contributed by atoms with Crippen molar-refractivity contribution in [2.75, 3.05) is 5.32 Å². The Labute approximate surface area is 130 Å². The van der Waals surface area contributed by atoms with Crippen LogP contribution < -0.4 is 5.32 Å². The Hall–Kier alpha value is -2.16. The maximum atomic E-state index is 12.9. The molecule has 114 valence electrons. The van der Waals surface area contributed by atoms with Gasteiger partial charge in [0.15, 0.2) is 0 Å². The highest BCUT2D eigenvalue weighted by Gasteiger charge is 2.43. The molecule has 0 heterocycles. The second kappa shape index (κ2) is 5.91. The number of carbonyl (C=O) groups excluding carboxylic acids is 1. The lowest BCUT2D eigenvalue weighted by Crippen LogP contribution is -2.14. The molecule has 0 bridgehead atoms. The lowest BCUT2D eigenvalue weighted by atomic mass is 10.0. The van der Waals surface area contributed by atoms with Gasteiger partial charge in [-0.05, 0) is 53.6 Å². The van der Waals surface area contributed by atoms with Crippen molar-refractivity contribution in [3.63, 3.8) is 0 Å². The minimum absolute atomic E-state index is 0.00441. The standard InChI is InChI=1S/C19H20FNO/c1-12(2)13-5-9-16(10-6-13)21-19(22)18-11-17(18)14-3-7-15(20)8-4-14/h3-10,12,17-18H,11H2,1-2H3,(H,21,22). The van der Waals surface area contributed by atoms with Crippen LogP contribution in [0, 0.1) is 11.7 Å². The van der Waals surface area contributed by atoms with Gasteiger partial charge in [0.05, 0.1) is 0 Å². The average molecular weight is 297 g/mol. The summed E-state index contributed by atoms with van der Waals surface area (Å²) >= 11 is 0. The van der Waals surface area contributed by atoms with Crippen molar-refractivity contribution in [3.8, 4) is 0 Å². The monoisotopic (exact) mass is 297 g/mol. The highest BCUT2D eigenvalue weighted by molar-refractivity contribution is 5.95. The third kappa shape index (κ3) is 3.19. The molecule has 0 aliphatic heterocycles. The second-order valence-corrected chi connectivity index (χ2v) is 6.27. The van der Waals surface area contributed by atoms with E-state index in [4.69, 9.17) is 0 Å². The van der Waals surface area contributed by atoms with E-state index >= 15 is 0 Å². The Morgan fingerprint density at radius 2 is 1.73 bits per heavy atom. The minimum atomic E-state index is -0.240. The molecule has 0 aromatic heterocycles. The van der Waals surface area contributed by atoms with Gasteiger partial charge in [-0.15, -0.1) is 0 Å². The van der Waals surface area contributed by atoms with Crippen LogP contribution in [-0.2, 0) is 4.79 Å². The van der Waals surface area contributed by atoms with E-state index in [9.17, 15) is 9.18 Å². The number of rotatable bonds is 4. The van der Waals surface area contributed by atoms with E-state index in [1.54, 1.807) is 12.1 Å². The van der Waals surface area contributed by atoms with Crippen LogP contribution in [-0.4, -0.2) is 5.91 Å². The number of anilines is 1. The van der Waals surface area contributed by atoms with E-state index in [1.165, 1.54) is 17.7 Å². The molecule has 2 aromatic rings. The lowest BCUT2D eigenvalue weighted by molar-refractivity contribution is -0.117. The first-order valence-electron chi connectivity index (χ1n) is 7.71. The fourth-order valence-electron chi connectivity index (χ4n) is 2.75. The quantitative estimate of drug-likeness (QED) is 0.871. The number of amides is 1. The van der Waals surface area contributed by atoms with E-state index in [2.05, 4.69) is 19.2 Å². The Kier molecular flexibility index (Phi) is 3.97. The molecular formula is C19H20FNO. The molecule has 3 rings (SSSR count). The van der Waals surface area contributed by atoms with Crippen molar-refractivity contribution < 1.29 is 9.18 Å². The van der Waals surface area contributed by atoms with Crippen LogP contribution in [0.1, 0.15) is 43.2 Å². The molecule has 0 radical (unpaired) electrons. The van der Waals surface area contributed by atoms with E-state index in [0.29, 0.717) is 5.92 Å². The SMILES string of the molecule is CC(C)c1ccc(NC(=O)C2CC2c2ccc(F)cc2)cc1. The van der Waals surface area contributed by atoms with Gasteiger partial charge >= 0.3 is 0 Å². The molecule has 0 spiro atoms. The first-order chi connectivity index (χ1) is 10.5. The number of hydrogen-bond donors (Lipinski definition) is 1. The number of benzene rings is 2. The molecule has 1 saturated carbocycles. The molecule has 2 nitrogen and oxygen atoms in total. The first kappa shape index (κ1) is 14.8. The summed E-state index contributed by atoms with van der Waals surface area (Å²) in [6, 6.07) is 14.4. The van der Waals surface area contributed by atoms with Crippen molar-refractivity contribution in [3.05, 3.63) is 65.5 Å². The second-order valence-electron chi connectivity index (χ2n) is 6.27. The summed E-state index contributed by atoms with van der Waals surface area (Å²) < 4.78 is 12.9. The van der Waals surface area contributed by atoms with Crippen molar-refractivity contribution in [1.29, 1.82) is 0 Å². The maximum Gasteiger partial charge on any atom is 0.228 e. The number of hydrogen-bond acceptors (Lipinski definition) is 1. The van der Waals surface area contributed by atoms with Gasteiger partial charge in [-0.1, -0.05) is 38.1 Å². The van der Waals surface area contributed by atoms with Gasteiger partial charge in [0.1, 0.15) is 5.82 Å². The van der Waals surface area contributed by atoms with Crippen molar-refractivity contribution in [1.82, 2.24) is 0 Å². The van der Waals surface area contributed by atoms with Gasteiger partial charge in [-0.2, -0.15) is 0 Å². The predicted molar refractivity (Wildman–Crippen MR) is 86.4 cm³/mol. The van der Waals surface area contributed by atoms with E-state index < -0.39 is 0 Å². The van der Waals surface area contributed by atoms with Gasteiger partial charge < -0.3 is 5.32 Å². The Morgan fingerprint density at radius 3 is 2.32 bits per heavy atom. The number of nitrogens with one attached hydrogen (secondary N) is 1. The van der Waals surface area contributed by atoms with Crippen LogP contribution >= 0.6 is 0 Å². The molecule has 2 atom stereocenters. The molecule has 1 N–H and O–H groups in total. The largest absolute Gasteiger partial charge is 0.326 e. The van der Waals surface area contributed by atoms with Crippen LogP contribution in [0.25, 0.3) is 0 Å².